The summed E-state index contributed by atoms with van der Waals surface area (Å²) in [7, 11) is 0. The highest BCUT2D eigenvalue weighted by molar-refractivity contribution is 5.87. The smallest absolute Gasteiger partial charge is 0.261 e. The number of alkyl halides is 1. The Labute approximate surface area is 163 Å². The average molecular weight is 398 g/mol. The first-order chi connectivity index (χ1) is 13.9. The predicted octanol–water partition coefficient (Wildman–Crippen LogP) is 3.39. The quantitative estimate of drug-likeness (QED) is 0.563. The topological polar surface area (TPSA) is 51.3 Å². The fourth-order valence-corrected chi connectivity index (χ4v) is 4.01. The maximum absolute atomic E-state index is 14.9. The highest BCUT2D eigenvalue weighted by atomic mass is 19.1. The Morgan fingerprint density at radius 3 is 2.66 bits per heavy atom. The maximum atomic E-state index is 14.9. The molecule has 0 bridgehead atoms. The Bertz CT molecular complexity index is 1330. The van der Waals surface area contributed by atoms with Gasteiger partial charge < -0.3 is 14.3 Å². The summed E-state index contributed by atoms with van der Waals surface area (Å²) in [6.45, 7) is 2.24. The normalized spacial score (nSPS) is 19.4. The second kappa shape index (κ2) is 6.45. The van der Waals surface area contributed by atoms with Gasteiger partial charge in [-0.3, -0.25) is 4.79 Å². The number of halogens is 3. The van der Waals surface area contributed by atoms with Crippen molar-refractivity contribution in [2.75, 3.05) is 13.1 Å². The van der Waals surface area contributed by atoms with Crippen molar-refractivity contribution in [1.82, 2.24) is 19.3 Å². The summed E-state index contributed by atoms with van der Waals surface area (Å²) in [5.41, 5.74) is 1.18. The number of nitrogens with one attached hydrogen (secondary N) is 1. The van der Waals surface area contributed by atoms with Crippen LogP contribution in [0.4, 0.5) is 13.2 Å². The first kappa shape index (κ1) is 17.9. The first-order valence-corrected chi connectivity index (χ1v) is 9.27. The van der Waals surface area contributed by atoms with Crippen LogP contribution in [0.3, 0.4) is 0 Å². The summed E-state index contributed by atoms with van der Waals surface area (Å²) < 4.78 is 46.2. The molecule has 2 atom stereocenters. The van der Waals surface area contributed by atoms with Crippen LogP contribution in [-0.4, -0.2) is 33.2 Å². The third-order valence-corrected chi connectivity index (χ3v) is 5.41. The summed E-state index contributed by atoms with van der Waals surface area (Å²) in [6.07, 6.45) is 3.63. The van der Waals surface area contributed by atoms with Crippen LogP contribution in [0.25, 0.3) is 27.5 Å². The van der Waals surface area contributed by atoms with E-state index in [9.17, 15) is 18.0 Å². The fourth-order valence-electron chi connectivity index (χ4n) is 4.01. The lowest BCUT2D eigenvalue weighted by Gasteiger charge is -2.16. The minimum atomic E-state index is -1.21. The lowest BCUT2D eigenvalue weighted by atomic mass is 10.0. The van der Waals surface area contributed by atoms with Gasteiger partial charge in [0.25, 0.3) is 5.56 Å². The molecule has 1 saturated heterocycles. The van der Waals surface area contributed by atoms with Gasteiger partial charge in [0.1, 0.15) is 12.0 Å². The number of hydrogen-bond donors (Lipinski definition) is 1. The number of nitrogens with zero attached hydrogens (tertiary/aromatic N) is 3. The van der Waals surface area contributed by atoms with Crippen LogP contribution in [0, 0.1) is 18.6 Å². The monoisotopic (exact) mass is 398 g/mol. The lowest BCUT2D eigenvalue weighted by molar-refractivity contribution is 0.280. The summed E-state index contributed by atoms with van der Waals surface area (Å²) in [4.78, 5) is 16.9. The van der Waals surface area contributed by atoms with Gasteiger partial charge in [-0.15, -0.1) is 0 Å². The molecule has 8 heteroatoms. The molecular weight excluding hydrogens is 381 g/mol. The van der Waals surface area contributed by atoms with E-state index in [1.165, 1.54) is 22.9 Å². The van der Waals surface area contributed by atoms with Gasteiger partial charge in [-0.25, -0.2) is 18.2 Å². The highest BCUT2D eigenvalue weighted by Gasteiger charge is 2.29. The van der Waals surface area contributed by atoms with Gasteiger partial charge in [-0.05, 0) is 42.1 Å². The van der Waals surface area contributed by atoms with Gasteiger partial charge in [0.05, 0.1) is 17.1 Å². The van der Waals surface area contributed by atoms with Gasteiger partial charge in [0, 0.05) is 37.2 Å². The lowest BCUT2D eigenvalue weighted by Crippen LogP contribution is -2.30. The van der Waals surface area contributed by atoms with Crippen molar-refractivity contribution in [3.63, 3.8) is 0 Å². The highest BCUT2D eigenvalue weighted by Crippen LogP contribution is 2.28. The van der Waals surface area contributed by atoms with Crippen molar-refractivity contribution in [1.29, 1.82) is 0 Å². The third kappa shape index (κ3) is 2.82. The minimum absolute atomic E-state index is 0.102. The van der Waals surface area contributed by atoms with Gasteiger partial charge in [0.2, 0.25) is 0 Å². The van der Waals surface area contributed by atoms with E-state index >= 15 is 0 Å². The Balaban J connectivity index is 1.67. The zero-order chi connectivity index (χ0) is 20.3. The average Bonchev–Trinajstić information content (AvgIpc) is 3.26. The number of pyridine rings is 2. The summed E-state index contributed by atoms with van der Waals surface area (Å²) >= 11 is 0. The van der Waals surface area contributed by atoms with Crippen LogP contribution in [-0.2, 0) is 0 Å². The van der Waals surface area contributed by atoms with Crippen molar-refractivity contribution in [2.24, 2.45) is 0 Å². The SMILES string of the molecule is Cc1cn2cc(-c3cc(F)c4c(=O)n([C@@H]5CNC[C@@H]5F)ccc4c3)cc(F)c2n1. The number of benzene rings is 1. The van der Waals surface area contributed by atoms with Crippen LogP contribution in [0.2, 0.25) is 0 Å². The van der Waals surface area contributed by atoms with Gasteiger partial charge >= 0.3 is 0 Å². The molecule has 29 heavy (non-hydrogen) atoms. The van der Waals surface area contributed by atoms with E-state index < -0.39 is 29.4 Å². The summed E-state index contributed by atoms with van der Waals surface area (Å²) in [5, 5.41) is 3.17. The molecule has 5 rings (SSSR count). The molecule has 0 amide bonds. The number of rotatable bonds is 2. The fraction of sp³-hybridized carbons (Fsp3) is 0.238. The molecule has 0 saturated carbocycles. The van der Waals surface area contributed by atoms with E-state index in [1.807, 2.05) is 0 Å². The molecule has 148 valence electrons. The number of imidazole rings is 1. The van der Waals surface area contributed by atoms with Crippen LogP contribution in [0.15, 0.2) is 47.7 Å². The molecule has 1 aromatic carbocycles. The van der Waals surface area contributed by atoms with E-state index in [0.717, 1.165) is 0 Å². The molecule has 0 unspecified atom stereocenters. The zero-order valence-corrected chi connectivity index (χ0v) is 15.5. The third-order valence-electron chi connectivity index (χ3n) is 5.41. The Kier molecular flexibility index (Phi) is 3.99. The molecular formula is C21H17F3N4O. The van der Waals surface area contributed by atoms with Crippen molar-refractivity contribution >= 4 is 16.4 Å². The molecule has 0 spiro atoms. The molecule has 1 aliphatic rings. The van der Waals surface area contributed by atoms with Crippen LogP contribution in [0.1, 0.15) is 11.7 Å². The second-order valence-corrected chi connectivity index (χ2v) is 7.38. The molecule has 0 aliphatic carbocycles. The van der Waals surface area contributed by atoms with E-state index in [-0.39, 0.29) is 17.6 Å². The molecule has 0 radical (unpaired) electrons. The van der Waals surface area contributed by atoms with Crippen molar-refractivity contribution in [3.05, 3.63) is 70.5 Å². The second-order valence-electron chi connectivity index (χ2n) is 7.38. The Morgan fingerprint density at radius 1 is 1.10 bits per heavy atom. The molecule has 4 heterocycles. The number of aryl methyl sites for hydroxylation is 1. The molecule has 1 fully saturated rings. The predicted molar refractivity (Wildman–Crippen MR) is 104 cm³/mol. The Morgan fingerprint density at radius 2 is 1.90 bits per heavy atom. The molecule has 5 nitrogen and oxygen atoms in total. The van der Waals surface area contributed by atoms with Crippen molar-refractivity contribution in [3.8, 4) is 11.1 Å². The van der Waals surface area contributed by atoms with E-state index in [0.29, 0.717) is 28.8 Å². The van der Waals surface area contributed by atoms with Crippen LogP contribution in [0.5, 0.6) is 0 Å². The molecule has 1 N–H and O–H groups in total. The first-order valence-electron chi connectivity index (χ1n) is 9.27. The largest absolute Gasteiger partial charge is 0.312 e. The van der Waals surface area contributed by atoms with E-state index in [4.69, 9.17) is 0 Å². The van der Waals surface area contributed by atoms with E-state index in [2.05, 4.69) is 10.3 Å². The molecule has 1 aliphatic heterocycles. The van der Waals surface area contributed by atoms with Crippen molar-refractivity contribution < 1.29 is 13.2 Å². The van der Waals surface area contributed by atoms with E-state index in [1.54, 1.807) is 35.9 Å². The maximum Gasteiger partial charge on any atom is 0.261 e. The number of fused-ring (bicyclic) bond motifs is 2. The minimum Gasteiger partial charge on any atom is -0.312 e. The molecule has 4 aromatic rings. The number of hydrogen-bond acceptors (Lipinski definition) is 3. The summed E-state index contributed by atoms with van der Waals surface area (Å²) in [6, 6.07) is 5.06. The summed E-state index contributed by atoms with van der Waals surface area (Å²) in [5.74, 6) is -1.24. The van der Waals surface area contributed by atoms with Crippen LogP contribution < -0.4 is 10.9 Å². The van der Waals surface area contributed by atoms with Crippen LogP contribution >= 0.6 is 0 Å². The van der Waals surface area contributed by atoms with Gasteiger partial charge in [-0.1, -0.05) is 0 Å². The zero-order valence-electron chi connectivity index (χ0n) is 15.5. The van der Waals surface area contributed by atoms with Crippen molar-refractivity contribution in [2.45, 2.75) is 19.1 Å². The van der Waals surface area contributed by atoms with Gasteiger partial charge in [0.15, 0.2) is 11.5 Å². The number of aromatic nitrogens is 3. The van der Waals surface area contributed by atoms with Gasteiger partial charge in [-0.2, -0.15) is 0 Å². The standard InChI is InChI=1S/C21H17F3N4O/c1-11-9-27-10-14(6-16(23)20(27)26-11)13-4-12-2-3-28(18-8-25-7-17(18)24)21(29)19(12)15(22)5-13/h2-6,9-10,17-18,25H,7-8H2,1H3/t17-,18+/m0/s1. The Hall–Kier alpha value is -3.13. The molecule has 3 aromatic heterocycles.